The van der Waals surface area contributed by atoms with Crippen LogP contribution in [-0.2, 0) is 9.59 Å². The van der Waals surface area contributed by atoms with Crippen molar-refractivity contribution in [2.75, 3.05) is 51.4 Å². The third kappa shape index (κ3) is 9.44. The van der Waals surface area contributed by atoms with Gasteiger partial charge in [0.2, 0.25) is 5.91 Å². The summed E-state index contributed by atoms with van der Waals surface area (Å²) >= 11 is 0. The van der Waals surface area contributed by atoms with Crippen molar-refractivity contribution >= 4 is 34.6 Å². The predicted octanol–water partition coefficient (Wildman–Crippen LogP) is 5.04. The second kappa shape index (κ2) is 16.7. The molecule has 2 amide bonds. The molecule has 2 rings (SSSR count). The molecule has 0 aliphatic carbocycles. The van der Waals surface area contributed by atoms with Gasteiger partial charge in [-0.1, -0.05) is 62.9 Å². The van der Waals surface area contributed by atoms with Crippen LogP contribution >= 0.6 is 0 Å². The van der Waals surface area contributed by atoms with Crippen molar-refractivity contribution in [1.29, 1.82) is 10.8 Å². The summed E-state index contributed by atoms with van der Waals surface area (Å²) in [4.78, 5) is 28.9. The van der Waals surface area contributed by atoms with E-state index >= 15 is 0 Å². The maximum Gasteiger partial charge on any atom is 0.261 e. The third-order valence-electron chi connectivity index (χ3n) is 5.55. The molecular formula is C30H42N6O2. The summed E-state index contributed by atoms with van der Waals surface area (Å²) in [6.45, 7) is 13.6. The van der Waals surface area contributed by atoms with Gasteiger partial charge in [-0.15, -0.1) is 6.58 Å². The molecule has 38 heavy (non-hydrogen) atoms. The molecule has 8 heteroatoms. The number of imide groups is 1. The number of nitrogens with zero attached hydrogens (tertiary/aromatic N) is 2. The average molecular weight is 519 g/mol. The second-order valence-corrected chi connectivity index (χ2v) is 8.61. The molecule has 0 radical (unpaired) electrons. The molecule has 4 N–H and O–H groups in total. The Morgan fingerprint density at radius 3 is 2.05 bits per heavy atom. The quantitative estimate of drug-likeness (QED) is 0.121. The number of para-hydroxylation sites is 2. The molecule has 0 heterocycles. The molecule has 2 aromatic rings. The van der Waals surface area contributed by atoms with Gasteiger partial charge in [-0.25, -0.2) is 0 Å². The Balaban J connectivity index is 0.00000352. The van der Waals surface area contributed by atoms with Crippen LogP contribution < -0.4 is 10.6 Å². The number of anilines is 2. The average Bonchev–Trinajstić information content (AvgIpc) is 2.93. The van der Waals surface area contributed by atoms with Crippen LogP contribution in [0.25, 0.3) is 0 Å². The van der Waals surface area contributed by atoms with Crippen molar-refractivity contribution in [3.8, 4) is 0 Å². The van der Waals surface area contributed by atoms with Crippen molar-refractivity contribution in [1.82, 2.24) is 9.80 Å². The van der Waals surface area contributed by atoms with Gasteiger partial charge in [0.15, 0.2) is 0 Å². The monoisotopic (exact) mass is 518 g/mol. The van der Waals surface area contributed by atoms with E-state index in [0.29, 0.717) is 29.9 Å². The molecule has 204 valence electrons. The summed E-state index contributed by atoms with van der Waals surface area (Å²) < 4.78 is 0. The van der Waals surface area contributed by atoms with Crippen LogP contribution in [0.5, 0.6) is 0 Å². The Labute approximate surface area is 227 Å². The van der Waals surface area contributed by atoms with Gasteiger partial charge in [0.05, 0.1) is 17.7 Å². The van der Waals surface area contributed by atoms with E-state index in [2.05, 4.69) is 28.7 Å². The molecule has 0 aliphatic rings. The molecular weight excluding hydrogens is 476 g/mol. The number of hydrogen-bond donors (Lipinski definition) is 4. The van der Waals surface area contributed by atoms with Crippen LogP contribution in [0, 0.1) is 10.8 Å². The maximum absolute atomic E-state index is 13.0. The standard InChI is InChI=1S/C28H36N6O2.C2H6/c1-6-16-31-24-14-9-7-12-21(24)23(29)19-26(35)34(5)28(36)20(2)27(30)22-13-8-10-15-25(22)32-17-11-18-33(3)4;1-2/h6-10,12-15,29-32H,1-2,11,16-19H2,3-5H3;1-2H3. The summed E-state index contributed by atoms with van der Waals surface area (Å²) in [7, 11) is 5.37. The highest BCUT2D eigenvalue weighted by molar-refractivity contribution is 6.30. The Hall–Kier alpha value is -4.04. The lowest BCUT2D eigenvalue weighted by molar-refractivity contribution is -0.139. The second-order valence-electron chi connectivity index (χ2n) is 8.61. The number of benzene rings is 2. The predicted molar refractivity (Wildman–Crippen MR) is 160 cm³/mol. The molecule has 0 saturated carbocycles. The first-order chi connectivity index (χ1) is 18.2. The molecule has 0 saturated heterocycles. The van der Waals surface area contributed by atoms with E-state index in [1.807, 2.05) is 52.2 Å². The maximum atomic E-state index is 13.0. The molecule has 0 aromatic heterocycles. The van der Waals surface area contributed by atoms with Gasteiger partial charge in [0, 0.05) is 48.4 Å². The van der Waals surface area contributed by atoms with E-state index in [-0.39, 0.29) is 23.4 Å². The lowest BCUT2D eigenvalue weighted by atomic mass is 10.00. The summed E-state index contributed by atoms with van der Waals surface area (Å²) in [6, 6.07) is 14.5. The minimum absolute atomic E-state index is 0.0515. The van der Waals surface area contributed by atoms with Crippen molar-refractivity contribution in [2.45, 2.75) is 26.7 Å². The number of likely N-dealkylation sites (N-methyl/N-ethyl adjacent to an activating group) is 1. The van der Waals surface area contributed by atoms with Crippen molar-refractivity contribution in [3.63, 3.8) is 0 Å². The van der Waals surface area contributed by atoms with Crippen LogP contribution in [0.2, 0.25) is 0 Å². The molecule has 8 nitrogen and oxygen atoms in total. The fourth-order valence-corrected chi connectivity index (χ4v) is 3.51. The smallest absolute Gasteiger partial charge is 0.261 e. The summed E-state index contributed by atoms with van der Waals surface area (Å²) in [6.07, 6.45) is 2.36. The molecule has 0 atom stereocenters. The fraction of sp³-hybridized carbons (Fsp3) is 0.333. The Morgan fingerprint density at radius 2 is 1.47 bits per heavy atom. The first-order valence-corrected chi connectivity index (χ1v) is 12.8. The molecule has 2 aromatic carbocycles. The van der Waals surface area contributed by atoms with E-state index in [1.165, 1.54) is 7.05 Å². The Kier molecular flexibility index (Phi) is 14.0. The van der Waals surface area contributed by atoms with E-state index < -0.39 is 11.8 Å². The van der Waals surface area contributed by atoms with E-state index in [0.717, 1.165) is 23.6 Å². The van der Waals surface area contributed by atoms with Gasteiger partial charge < -0.3 is 20.9 Å². The topological polar surface area (TPSA) is 112 Å². The Morgan fingerprint density at radius 1 is 0.921 bits per heavy atom. The summed E-state index contributed by atoms with van der Waals surface area (Å²) in [5.74, 6) is -1.22. The van der Waals surface area contributed by atoms with E-state index in [4.69, 9.17) is 10.8 Å². The normalized spacial score (nSPS) is 10.1. The number of carbonyl (C=O) groups excluding carboxylic acids is 2. The fourth-order valence-electron chi connectivity index (χ4n) is 3.51. The van der Waals surface area contributed by atoms with Crippen LogP contribution in [0.3, 0.4) is 0 Å². The lowest BCUT2D eigenvalue weighted by Gasteiger charge is -2.19. The number of amides is 2. The highest BCUT2D eigenvalue weighted by Crippen LogP contribution is 2.21. The number of carbonyl (C=O) groups is 2. The number of nitrogens with one attached hydrogen (secondary N) is 4. The van der Waals surface area contributed by atoms with Gasteiger partial charge in [-0.05, 0) is 39.2 Å². The molecule has 0 unspecified atom stereocenters. The molecule has 0 aliphatic heterocycles. The summed E-state index contributed by atoms with van der Waals surface area (Å²) in [5.41, 5.74) is 2.50. The van der Waals surface area contributed by atoms with Crippen LogP contribution in [0.1, 0.15) is 37.8 Å². The van der Waals surface area contributed by atoms with Gasteiger partial charge in [0.25, 0.3) is 5.91 Å². The van der Waals surface area contributed by atoms with Crippen LogP contribution in [-0.4, -0.2) is 73.8 Å². The van der Waals surface area contributed by atoms with E-state index in [1.54, 1.807) is 30.3 Å². The van der Waals surface area contributed by atoms with E-state index in [9.17, 15) is 9.59 Å². The van der Waals surface area contributed by atoms with Crippen LogP contribution in [0.15, 0.2) is 73.3 Å². The zero-order chi connectivity index (χ0) is 28.7. The Bertz CT molecular complexity index is 1140. The van der Waals surface area contributed by atoms with Crippen molar-refractivity contribution < 1.29 is 9.59 Å². The van der Waals surface area contributed by atoms with Crippen molar-refractivity contribution in [2.24, 2.45) is 0 Å². The SMILES string of the molecule is C=CCNc1ccccc1C(=N)CC(=O)N(C)C(=O)C(=C)C(=N)c1ccccc1NCCCN(C)C.CC. The zero-order valence-corrected chi connectivity index (χ0v) is 23.4. The number of rotatable bonds is 14. The highest BCUT2D eigenvalue weighted by Gasteiger charge is 2.25. The lowest BCUT2D eigenvalue weighted by Crippen LogP contribution is -2.37. The molecule has 0 spiro atoms. The third-order valence-corrected chi connectivity index (χ3v) is 5.55. The zero-order valence-electron chi connectivity index (χ0n) is 23.4. The molecule has 0 fully saturated rings. The van der Waals surface area contributed by atoms with Gasteiger partial charge in [-0.3, -0.25) is 19.9 Å². The van der Waals surface area contributed by atoms with Crippen molar-refractivity contribution in [3.05, 3.63) is 84.5 Å². The van der Waals surface area contributed by atoms with Gasteiger partial charge in [0.1, 0.15) is 0 Å². The van der Waals surface area contributed by atoms with Gasteiger partial charge in [-0.2, -0.15) is 0 Å². The summed E-state index contributed by atoms with van der Waals surface area (Å²) in [5, 5.41) is 23.5. The molecule has 0 bridgehead atoms. The highest BCUT2D eigenvalue weighted by atomic mass is 16.2. The van der Waals surface area contributed by atoms with Gasteiger partial charge >= 0.3 is 0 Å². The van der Waals surface area contributed by atoms with Crippen LogP contribution in [0.4, 0.5) is 11.4 Å². The number of hydrogen-bond acceptors (Lipinski definition) is 7. The largest absolute Gasteiger partial charge is 0.384 e. The minimum atomic E-state index is -0.668. The first-order valence-electron chi connectivity index (χ1n) is 12.8. The minimum Gasteiger partial charge on any atom is -0.384 e. The first kappa shape index (κ1) is 32.0.